The average Bonchev–Trinajstić information content (AvgIpc) is 3.17. The molecule has 4 heteroatoms. The molecular weight excluding hydrogens is 286 g/mol. The molecule has 0 N–H and O–H groups in total. The molecule has 0 spiro atoms. The van der Waals surface area contributed by atoms with Crippen LogP contribution in [0.25, 0.3) is 17.4 Å². The van der Waals surface area contributed by atoms with Gasteiger partial charge in [0.25, 0.3) is 0 Å². The molecule has 2 aromatic rings. The molecule has 3 nitrogen and oxygen atoms in total. The lowest BCUT2D eigenvalue weighted by atomic mass is 10.2. The molecule has 1 saturated heterocycles. The van der Waals surface area contributed by atoms with Crippen LogP contribution >= 0.6 is 11.6 Å². The van der Waals surface area contributed by atoms with E-state index in [1.165, 1.54) is 0 Å². The molecule has 1 aromatic carbocycles. The van der Waals surface area contributed by atoms with E-state index < -0.39 is 0 Å². The maximum atomic E-state index is 11.9. The topological polar surface area (TPSA) is 33.5 Å². The Morgan fingerprint density at radius 3 is 2.67 bits per heavy atom. The summed E-state index contributed by atoms with van der Waals surface area (Å²) in [5, 5.41) is 0.649. The van der Waals surface area contributed by atoms with Gasteiger partial charge in [-0.15, -0.1) is 0 Å². The van der Waals surface area contributed by atoms with E-state index >= 15 is 0 Å². The molecule has 2 heterocycles. The van der Waals surface area contributed by atoms with E-state index in [4.69, 9.17) is 16.0 Å². The Labute approximate surface area is 128 Å². The number of amides is 1. The molecule has 3 rings (SSSR count). The number of nitrogens with zero attached hydrogens (tertiary/aromatic N) is 1. The second kappa shape index (κ2) is 6.19. The quantitative estimate of drug-likeness (QED) is 0.795. The molecule has 21 heavy (non-hydrogen) atoms. The molecule has 1 fully saturated rings. The summed E-state index contributed by atoms with van der Waals surface area (Å²) >= 11 is 6.14. The van der Waals surface area contributed by atoms with Crippen LogP contribution in [0.4, 0.5) is 0 Å². The normalized spacial score (nSPS) is 15.0. The molecule has 0 atom stereocenters. The van der Waals surface area contributed by atoms with Crippen LogP contribution in [0, 0.1) is 0 Å². The van der Waals surface area contributed by atoms with Crippen LogP contribution in [0.3, 0.4) is 0 Å². The number of furan rings is 1. The Morgan fingerprint density at radius 2 is 1.90 bits per heavy atom. The lowest BCUT2D eigenvalue weighted by molar-refractivity contribution is -0.124. The van der Waals surface area contributed by atoms with Crippen molar-refractivity contribution >= 4 is 23.6 Å². The van der Waals surface area contributed by atoms with Gasteiger partial charge in [-0.1, -0.05) is 23.7 Å². The van der Waals surface area contributed by atoms with Gasteiger partial charge in [0, 0.05) is 24.7 Å². The third kappa shape index (κ3) is 3.19. The van der Waals surface area contributed by atoms with Crippen molar-refractivity contribution in [2.24, 2.45) is 0 Å². The van der Waals surface area contributed by atoms with Gasteiger partial charge in [0.1, 0.15) is 11.5 Å². The molecule has 1 aliphatic heterocycles. The second-order valence-electron chi connectivity index (χ2n) is 5.05. The van der Waals surface area contributed by atoms with Gasteiger partial charge in [0.05, 0.1) is 5.02 Å². The van der Waals surface area contributed by atoms with Gasteiger partial charge in [-0.25, -0.2) is 0 Å². The summed E-state index contributed by atoms with van der Waals surface area (Å²) in [6, 6.07) is 11.2. The largest absolute Gasteiger partial charge is 0.457 e. The van der Waals surface area contributed by atoms with Gasteiger partial charge in [-0.2, -0.15) is 0 Å². The summed E-state index contributed by atoms with van der Waals surface area (Å²) in [4.78, 5) is 13.8. The third-order valence-corrected chi connectivity index (χ3v) is 3.90. The number of benzene rings is 1. The minimum Gasteiger partial charge on any atom is -0.457 e. The first-order chi connectivity index (χ1) is 10.2. The monoisotopic (exact) mass is 301 g/mol. The van der Waals surface area contributed by atoms with Crippen molar-refractivity contribution in [1.82, 2.24) is 4.90 Å². The van der Waals surface area contributed by atoms with Gasteiger partial charge < -0.3 is 9.32 Å². The van der Waals surface area contributed by atoms with E-state index in [2.05, 4.69) is 0 Å². The lowest BCUT2D eigenvalue weighted by Gasteiger charge is -2.11. The summed E-state index contributed by atoms with van der Waals surface area (Å²) < 4.78 is 5.72. The molecule has 1 aliphatic rings. The van der Waals surface area contributed by atoms with Crippen LogP contribution in [0.1, 0.15) is 18.6 Å². The van der Waals surface area contributed by atoms with Gasteiger partial charge in [-0.05, 0) is 43.2 Å². The number of likely N-dealkylation sites (tertiary alicyclic amines) is 1. The Balaban J connectivity index is 1.73. The Bertz CT molecular complexity index is 669. The number of rotatable bonds is 3. The number of carbonyl (C=O) groups is 1. The maximum absolute atomic E-state index is 11.9. The third-order valence-electron chi connectivity index (χ3n) is 3.57. The molecule has 1 aromatic heterocycles. The minimum absolute atomic E-state index is 0.0446. The zero-order chi connectivity index (χ0) is 14.7. The number of carbonyl (C=O) groups excluding carboxylic acids is 1. The average molecular weight is 302 g/mol. The first kappa shape index (κ1) is 14.0. The fraction of sp³-hybridized carbons (Fsp3) is 0.235. The van der Waals surface area contributed by atoms with Crippen molar-refractivity contribution in [3.8, 4) is 11.3 Å². The molecule has 0 aliphatic carbocycles. The van der Waals surface area contributed by atoms with E-state index in [9.17, 15) is 4.79 Å². The highest BCUT2D eigenvalue weighted by atomic mass is 35.5. The van der Waals surface area contributed by atoms with E-state index in [-0.39, 0.29) is 5.91 Å². The number of halogens is 1. The van der Waals surface area contributed by atoms with Crippen molar-refractivity contribution < 1.29 is 9.21 Å². The molecule has 0 bridgehead atoms. The smallest absolute Gasteiger partial charge is 0.246 e. The SMILES string of the molecule is O=C(/C=C/c1ccc(-c2ccccc2Cl)o1)N1CCCC1. The van der Waals surface area contributed by atoms with Gasteiger partial charge in [0.15, 0.2) is 0 Å². The summed E-state index contributed by atoms with van der Waals surface area (Å²) in [6.07, 6.45) is 5.47. The second-order valence-corrected chi connectivity index (χ2v) is 5.45. The van der Waals surface area contributed by atoms with Gasteiger partial charge in [0.2, 0.25) is 5.91 Å². The summed E-state index contributed by atoms with van der Waals surface area (Å²) in [5.74, 6) is 1.40. The number of hydrogen-bond donors (Lipinski definition) is 0. The van der Waals surface area contributed by atoms with Crippen molar-refractivity contribution in [2.75, 3.05) is 13.1 Å². The van der Waals surface area contributed by atoms with Crippen LogP contribution in [-0.2, 0) is 4.79 Å². The summed E-state index contributed by atoms with van der Waals surface area (Å²) in [5.41, 5.74) is 0.852. The zero-order valence-corrected chi connectivity index (χ0v) is 12.3. The predicted octanol–water partition coefficient (Wildman–Crippen LogP) is 4.24. The zero-order valence-electron chi connectivity index (χ0n) is 11.6. The first-order valence-corrected chi connectivity index (χ1v) is 7.43. The van der Waals surface area contributed by atoms with Crippen molar-refractivity contribution in [2.45, 2.75) is 12.8 Å². The standard InChI is InChI=1S/C17H16ClNO2/c18-15-6-2-1-5-14(15)16-9-7-13(21-16)8-10-17(20)19-11-3-4-12-19/h1-2,5-10H,3-4,11-12H2/b10-8+. The molecule has 0 radical (unpaired) electrons. The van der Waals surface area contributed by atoms with Crippen LogP contribution in [0.5, 0.6) is 0 Å². The van der Waals surface area contributed by atoms with Gasteiger partial charge >= 0.3 is 0 Å². The predicted molar refractivity (Wildman–Crippen MR) is 84.0 cm³/mol. The molecule has 108 valence electrons. The van der Waals surface area contributed by atoms with Crippen LogP contribution in [-0.4, -0.2) is 23.9 Å². The highest BCUT2D eigenvalue weighted by Crippen LogP contribution is 2.29. The highest BCUT2D eigenvalue weighted by Gasteiger charge is 2.15. The Hall–Kier alpha value is -2.00. The first-order valence-electron chi connectivity index (χ1n) is 7.06. The van der Waals surface area contributed by atoms with Crippen molar-refractivity contribution in [3.05, 3.63) is 53.3 Å². The molecule has 0 unspecified atom stereocenters. The molecule has 1 amide bonds. The van der Waals surface area contributed by atoms with E-state index in [1.54, 1.807) is 12.2 Å². The molecule has 0 saturated carbocycles. The molecular formula is C17H16ClNO2. The van der Waals surface area contributed by atoms with E-state index in [0.29, 0.717) is 16.5 Å². The fourth-order valence-electron chi connectivity index (χ4n) is 2.44. The van der Waals surface area contributed by atoms with Crippen LogP contribution < -0.4 is 0 Å². The van der Waals surface area contributed by atoms with Crippen molar-refractivity contribution in [3.63, 3.8) is 0 Å². The maximum Gasteiger partial charge on any atom is 0.246 e. The lowest BCUT2D eigenvalue weighted by Crippen LogP contribution is -2.25. The number of hydrogen-bond acceptors (Lipinski definition) is 2. The van der Waals surface area contributed by atoms with Crippen LogP contribution in [0.15, 0.2) is 46.9 Å². The van der Waals surface area contributed by atoms with Crippen LogP contribution in [0.2, 0.25) is 5.02 Å². The van der Waals surface area contributed by atoms with E-state index in [1.807, 2.05) is 41.3 Å². The van der Waals surface area contributed by atoms with E-state index in [0.717, 1.165) is 31.5 Å². The fourth-order valence-corrected chi connectivity index (χ4v) is 2.67. The van der Waals surface area contributed by atoms with Gasteiger partial charge in [-0.3, -0.25) is 4.79 Å². The summed E-state index contributed by atoms with van der Waals surface area (Å²) in [7, 11) is 0. The van der Waals surface area contributed by atoms with Crippen molar-refractivity contribution in [1.29, 1.82) is 0 Å². The Morgan fingerprint density at radius 1 is 1.14 bits per heavy atom. The Kier molecular flexibility index (Phi) is 4.11. The highest BCUT2D eigenvalue weighted by molar-refractivity contribution is 6.33. The minimum atomic E-state index is 0.0446. The summed E-state index contributed by atoms with van der Waals surface area (Å²) in [6.45, 7) is 1.71.